The van der Waals surface area contributed by atoms with Gasteiger partial charge in [0.25, 0.3) is 5.91 Å². The molecule has 0 bridgehead atoms. The van der Waals surface area contributed by atoms with E-state index in [-0.39, 0.29) is 11.7 Å². The molecule has 142 valence electrons. The fraction of sp³-hybridized carbons (Fsp3) is 0.211. The quantitative estimate of drug-likeness (QED) is 0.695. The Morgan fingerprint density at radius 3 is 2.52 bits per heavy atom. The molecule has 0 spiro atoms. The van der Waals surface area contributed by atoms with Crippen molar-refractivity contribution >= 4 is 37.4 Å². The minimum Gasteiger partial charge on any atom is -0.497 e. The molecule has 0 aliphatic carbocycles. The number of anilines is 1. The van der Waals surface area contributed by atoms with Crippen LogP contribution in [0.3, 0.4) is 0 Å². The second-order valence-corrected chi connectivity index (χ2v) is 8.80. The number of benzene rings is 2. The Morgan fingerprint density at radius 2 is 1.93 bits per heavy atom. The second kappa shape index (κ2) is 7.74. The van der Waals surface area contributed by atoms with Crippen LogP contribution < -0.4 is 14.4 Å². The Bertz CT molecular complexity index is 1000. The van der Waals surface area contributed by atoms with Crippen molar-refractivity contribution < 1.29 is 22.7 Å². The van der Waals surface area contributed by atoms with E-state index >= 15 is 0 Å². The van der Waals surface area contributed by atoms with Crippen LogP contribution in [0.1, 0.15) is 10.4 Å². The molecule has 1 aliphatic rings. The summed E-state index contributed by atoms with van der Waals surface area (Å²) in [5.74, 6) is 0.476. The summed E-state index contributed by atoms with van der Waals surface area (Å²) in [6.07, 6.45) is 1.52. The molecule has 0 N–H and O–H groups in total. The summed E-state index contributed by atoms with van der Waals surface area (Å²) in [6.45, 7) is 0. The highest BCUT2D eigenvalue weighted by atomic mass is 79.9. The van der Waals surface area contributed by atoms with Crippen molar-refractivity contribution in [3.8, 4) is 11.5 Å². The first-order valence-corrected chi connectivity index (χ1v) is 10.6. The van der Waals surface area contributed by atoms with Gasteiger partial charge in [0.1, 0.15) is 11.5 Å². The number of ether oxygens (including phenoxy) is 2. The number of amides is 1. The van der Waals surface area contributed by atoms with Gasteiger partial charge in [-0.15, -0.1) is 0 Å². The van der Waals surface area contributed by atoms with Gasteiger partial charge in [-0.2, -0.15) is 0 Å². The van der Waals surface area contributed by atoms with Crippen LogP contribution in [0.15, 0.2) is 58.4 Å². The number of rotatable bonds is 5. The number of halogens is 1. The molecule has 1 atom stereocenters. The van der Waals surface area contributed by atoms with E-state index in [1.54, 1.807) is 36.4 Å². The van der Waals surface area contributed by atoms with Crippen LogP contribution >= 0.6 is 15.9 Å². The molecule has 1 aliphatic heterocycles. The minimum atomic E-state index is -3.35. The summed E-state index contributed by atoms with van der Waals surface area (Å²) in [5.41, 5.74) is 0.898. The van der Waals surface area contributed by atoms with E-state index in [4.69, 9.17) is 9.47 Å². The summed E-state index contributed by atoms with van der Waals surface area (Å²) < 4.78 is 35.3. The number of carbonyl (C=O) groups excluding carboxylic acids is 1. The van der Waals surface area contributed by atoms with Crippen LogP contribution in [-0.4, -0.2) is 40.3 Å². The number of methoxy groups -OCH3 is 2. The lowest BCUT2D eigenvalue weighted by molar-refractivity contribution is 0.0982. The molecule has 0 radical (unpaired) electrons. The Labute approximate surface area is 166 Å². The molecule has 0 unspecified atom stereocenters. The smallest absolute Gasteiger partial charge is 0.259 e. The standard InChI is InChI=1S/C19H18BrNO5S/c1-25-16-6-7-17(18(11-16)26-2)21(15-8-9-27(23,24)12-15)19(22)13-4-3-5-14(20)10-13/h3-11,15H,12H2,1-2H3/t15-/m1/s1. The summed E-state index contributed by atoms with van der Waals surface area (Å²) in [4.78, 5) is 14.8. The van der Waals surface area contributed by atoms with Gasteiger partial charge in [0, 0.05) is 21.5 Å². The van der Waals surface area contributed by atoms with Crippen molar-refractivity contribution in [2.24, 2.45) is 0 Å². The van der Waals surface area contributed by atoms with Crippen molar-refractivity contribution in [2.45, 2.75) is 6.04 Å². The Balaban J connectivity index is 2.11. The third-order valence-electron chi connectivity index (χ3n) is 4.18. The second-order valence-electron chi connectivity index (χ2n) is 5.95. The van der Waals surface area contributed by atoms with Gasteiger partial charge in [-0.1, -0.05) is 22.0 Å². The molecular weight excluding hydrogens is 434 g/mol. The third-order valence-corrected chi connectivity index (χ3v) is 6.05. The SMILES string of the molecule is COc1ccc(N(C(=O)c2cccc(Br)c2)[C@@H]2C=CS(=O)(=O)C2)c(OC)c1. The maximum Gasteiger partial charge on any atom is 0.259 e. The van der Waals surface area contributed by atoms with Crippen molar-refractivity contribution in [1.29, 1.82) is 0 Å². The number of hydrogen-bond acceptors (Lipinski definition) is 5. The lowest BCUT2D eigenvalue weighted by atomic mass is 10.1. The van der Waals surface area contributed by atoms with Crippen molar-refractivity contribution in [1.82, 2.24) is 0 Å². The van der Waals surface area contributed by atoms with Gasteiger partial charge in [-0.05, 0) is 36.4 Å². The summed E-state index contributed by atoms with van der Waals surface area (Å²) in [7, 11) is -0.334. The zero-order valence-corrected chi connectivity index (χ0v) is 17.2. The Morgan fingerprint density at radius 1 is 1.15 bits per heavy atom. The topological polar surface area (TPSA) is 72.9 Å². The highest BCUT2D eigenvalue weighted by molar-refractivity contribution is 9.10. The third kappa shape index (κ3) is 4.17. The van der Waals surface area contributed by atoms with Gasteiger partial charge in [-0.3, -0.25) is 9.69 Å². The fourth-order valence-electron chi connectivity index (χ4n) is 2.90. The Kier molecular flexibility index (Phi) is 5.57. The van der Waals surface area contributed by atoms with Crippen LogP contribution in [0.2, 0.25) is 0 Å². The molecule has 0 saturated carbocycles. The molecule has 2 aromatic rings. The van der Waals surface area contributed by atoms with Crippen molar-refractivity contribution in [2.75, 3.05) is 24.9 Å². The average Bonchev–Trinajstić information content (AvgIpc) is 3.01. The number of carbonyl (C=O) groups is 1. The van der Waals surface area contributed by atoms with Gasteiger partial charge in [0.15, 0.2) is 9.84 Å². The maximum absolute atomic E-state index is 13.3. The fourth-order valence-corrected chi connectivity index (χ4v) is 4.57. The van der Waals surface area contributed by atoms with Gasteiger partial charge >= 0.3 is 0 Å². The molecule has 8 heteroatoms. The molecule has 2 aromatic carbocycles. The van der Waals surface area contributed by atoms with Crippen LogP contribution in [0, 0.1) is 0 Å². The monoisotopic (exact) mass is 451 g/mol. The van der Waals surface area contributed by atoms with E-state index in [1.807, 2.05) is 6.07 Å². The van der Waals surface area contributed by atoms with Crippen LogP contribution in [0.25, 0.3) is 0 Å². The lowest BCUT2D eigenvalue weighted by Gasteiger charge is -2.29. The number of nitrogens with zero attached hydrogens (tertiary/aromatic N) is 1. The lowest BCUT2D eigenvalue weighted by Crippen LogP contribution is -2.41. The van der Waals surface area contributed by atoms with Crippen molar-refractivity contribution in [3.05, 3.63) is 64.0 Å². The predicted molar refractivity (Wildman–Crippen MR) is 107 cm³/mol. The van der Waals surface area contributed by atoms with Gasteiger partial charge in [0.05, 0.1) is 31.7 Å². The van der Waals surface area contributed by atoms with Crippen LogP contribution in [0.5, 0.6) is 11.5 Å². The summed E-state index contributed by atoms with van der Waals surface area (Å²) in [6, 6.07) is 11.4. The molecule has 27 heavy (non-hydrogen) atoms. The molecular formula is C19H18BrNO5S. The zero-order chi connectivity index (χ0) is 19.6. The van der Waals surface area contributed by atoms with Gasteiger partial charge < -0.3 is 9.47 Å². The largest absolute Gasteiger partial charge is 0.497 e. The first-order valence-electron chi connectivity index (χ1n) is 8.07. The van der Waals surface area contributed by atoms with E-state index < -0.39 is 15.9 Å². The highest BCUT2D eigenvalue weighted by Gasteiger charge is 2.33. The number of hydrogen-bond donors (Lipinski definition) is 0. The van der Waals surface area contributed by atoms with E-state index in [2.05, 4.69) is 15.9 Å². The first kappa shape index (κ1) is 19.4. The molecule has 0 fully saturated rings. The molecule has 3 rings (SSSR count). The zero-order valence-electron chi connectivity index (χ0n) is 14.8. The Hall–Kier alpha value is -2.32. The normalized spacial score (nSPS) is 17.5. The van der Waals surface area contributed by atoms with Gasteiger partial charge in [0.2, 0.25) is 0 Å². The highest BCUT2D eigenvalue weighted by Crippen LogP contribution is 2.36. The molecule has 0 aromatic heterocycles. The van der Waals surface area contributed by atoms with Crippen molar-refractivity contribution in [3.63, 3.8) is 0 Å². The molecule has 0 saturated heterocycles. The van der Waals surface area contributed by atoms with E-state index in [0.29, 0.717) is 22.7 Å². The van der Waals surface area contributed by atoms with Gasteiger partial charge in [-0.25, -0.2) is 8.42 Å². The first-order chi connectivity index (χ1) is 12.8. The minimum absolute atomic E-state index is 0.179. The van der Waals surface area contributed by atoms with Crippen LogP contribution in [0.4, 0.5) is 5.69 Å². The maximum atomic E-state index is 13.3. The van der Waals surface area contributed by atoms with E-state index in [1.165, 1.54) is 25.2 Å². The molecule has 1 amide bonds. The predicted octanol–water partition coefficient (Wildman–Crippen LogP) is 3.42. The molecule has 6 nitrogen and oxygen atoms in total. The number of sulfone groups is 1. The van der Waals surface area contributed by atoms with Crippen LogP contribution in [-0.2, 0) is 9.84 Å². The summed E-state index contributed by atoms with van der Waals surface area (Å²) in [5, 5.41) is 1.15. The summed E-state index contributed by atoms with van der Waals surface area (Å²) >= 11 is 3.36. The van der Waals surface area contributed by atoms with E-state index in [0.717, 1.165) is 9.88 Å². The van der Waals surface area contributed by atoms with E-state index in [9.17, 15) is 13.2 Å². The molecule has 1 heterocycles. The average molecular weight is 452 g/mol.